The Labute approximate surface area is 133 Å². The van der Waals surface area contributed by atoms with Gasteiger partial charge in [-0.3, -0.25) is 10.4 Å². The minimum Gasteiger partial charge on any atom is -0.465 e. The van der Waals surface area contributed by atoms with Crippen molar-refractivity contribution in [1.82, 2.24) is 10.2 Å². The third kappa shape index (κ3) is 3.42. The van der Waals surface area contributed by atoms with E-state index in [1.54, 1.807) is 13.8 Å². The van der Waals surface area contributed by atoms with Gasteiger partial charge in [0.1, 0.15) is 0 Å². The fourth-order valence-corrected chi connectivity index (χ4v) is 2.19. The molecule has 130 valence electrons. The van der Waals surface area contributed by atoms with Crippen LogP contribution in [0.4, 0.5) is 28.0 Å². The van der Waals surface area contributed by atoms with E-state index in [-0.39, 0.29) is 11.3 Å². The normalized spacial score (nSPS) is 11.6. The van der Waals surface area contributed by atoms with Crippen LogP contribution in [0.2, 0.25) is 0 Å². The molecule has 1 aromatic carbocycles. The maximum Gasteiger partial charge on any atom is 0.461 e. The first kappa shape index (κ1) is 17.6. The summed E-state index contributed by atoms with van der Waals surface area (Å²) in [5.41, 5.74) is 0.852. The van der Waals surface area contributed by atoms with Crippen LogP contribution < -0.4 is 10.1 Å². The number of anilines is 1. The first-order chi connectivity index (χ1) is 11.1. The molecule has 10 heteroatoms. The molecular formula is C14H13F4N3O3. The van der Waals surface area contributed by atoms with Gasteiger partial charge in [0.2, 0.25) is 0 Å². The van der Waals surface area contributed by atoms with Gasteiger partial charge < -0.3 is 9.84 Å². The molecule has 0 aliphatic carbocycles. The van der Waals surface area contributed by atoms with Gasteiger partial charge in [0.05, 0.1) is 11.4 Å². The molecule has 0 radical (unpaired) electrons. The van der Waals surface area contributed by atoms with Gasteiger partial charge in [-0.15, -0.1) is 0 Å². The largest absolute Gasteiger partial charge is 0.465 e. The second kappa shape index (κ2) is 6.38. The van der Waals surface area contributed by atoms with E-state index >= 15 is 0 Å². The maximum absolute atomic E-state index is 13.4. The highest BCUT2D eigenvalue weighted by molar-refractivity contribution is 5.89. The second-order valence-corrected chi connectivity index (χ2v) is 4.89. The Morgan fingerprint density at radius 1 is 1.38 bits per heavy atom. The minimum absolute atomic E-state index is 0.00493. The van der Waals surface area contributed by atoms with Crippen molar-refractivity contribution in [1.29, 1.82) is 0 Å². The van der Waals surface area contributed by atoms with Gasteiger partial charge in [0, 0.05) is 16.8 Å². The second-order valence-electron chi connectivity index (χ2n) is 4.89. The Morgan fingerprint density at radius 2 is 2.04 bits per heavy atom. The van der Waals surface area contributed by atoms with E-state index in [2.05, 4.69) is 14.9 Å². The molecule has 0 bridgehead atoms. The molecule has 0 saturated heterocycles. The molecule has 2 rings (SSSR count). The highest BCUT2D eigenvalue weighted by atomic mass is 19.3. The fraction of sp³-hybridized carbons (Fsp3) is 0.286. The molecule has 1 heterocycles. The van der Waals surface area contributed by atoms with Crippen LogP contribution in [-0.2, 0) is 0 Å². The van der Waals surface area contributed by atoms with Crippen LogP contribution in [0.1, 0.15) is 11.4 Å². The van der Waals surface area contributed by atoms with Crippen molar-refractivity contribution in [2.45, 2.75) is 26.4 Å². The third-order valence-corrected chi connectivity index (χ3v) is 3.15. The van der Waals surface area contributed by atoms with Gasteiger partial charge in [-0.1, -0.05) is 12.1 Å². The molecule has 0 unspecified atom stereocenters. The summed E-state index contributed by atoms with van der Waals surface area (Å²) in [6.45, 7) is 3.17. The summed E-state index contributed by atoms with van der Waals surface area (Å²) in [4.78, 5) is 10.8. The Balaban J connectivity index is 2.65. The summed E-state index contributed by atoms with van der Waals surface area (Å²) >= 11 is 0. The van der Waals surface area contributed by atoms with Crippen molar-refractivity contribution in [3.8, 4) is 16.9 Å². The summed E-state index contributed by atoms with van der Waals surface area (Å²) in [6, 6.07) is 3.84. The number of nitrogens with zero attached hydrogens (tertiary/aromatic N) is 1. The van der Waals surface area contributed by atoms with E-state index in [0.717, 1.165) is 6.07 Å². The number of amides is 1. The van der Waals surface area contributed by atoms with Gasteiger partial charge in [-0.2, -0.15) is 22.7 Å². The number of ether oxygens (including phenoxy) is 1. The number of alkyl halides is 4. The first-order valence-corrected chi connectivity index (χ1v) is 6.63. The summed E-state index contributed by atoms with van der Waals surface area (Å²) in [7, 11) is 0. The van der Waals surface area contributed by atoms with Gasteiger partial charge >= 0.3 is 18.6 Å². The van der Waals surface area contributed by atoms with E-state index in [4.69, 9.17) is 5.11 Å². The number of carbonyl (C=O) groups is 1. The van der Waals surface area contributed by atoms with E-state index in [1.165, 1.54) is 12.1 Å². The predicted octanol–water partition coefficient (Wildman–Crippen LogP) is 4.02. The molecule has 0 spiro atoms. The zero-order valence-corrected chi connectivity index (χ0v) is 12.5. The lowest BCUT2D eigenvalue weighted by Crippen LogP contribution is -2.34. The average molecular weight is 347 g/mol. The molecule has 0 atom stereocenters. The van der Waals surface area contributed by atoms with Crippen LogP contribution >= 0.6 is 0 Å². The Bertz CT molecular complexity index is 742. The zero-order valence-electron chi connectivity index (χ0n) is 12.5. The molecule has 1 amide bonds. The predicted molar refractivity (Wildman–Crippen MR) is 76.7 cm³/mol. The third-order valence-electron chi connectivity index (χ3n) is 3.15. The Hall–Kier alpha value is -2.78. The Morgan fingerprint density at radius 3 is 2.54 bits per heavy atom. The summed E-state index contributed by atoms with van der Waals surface area (Å²) in [5, 5.41) is 17.2. The van der Waals surface area contributed by atoms with Crippen molar-refractivity contribution >= 4 is 11.8 Å². The molecule has 0 aliphatic heterocycles. The molecule has 0 aliphatic rings. The van der Waals surface area contributed by atoms with Gasteiger partial charge in [0.15, 0.2) is 5.75 Å². The van der Waals surface area contributed by atoms with E-state index < -0.39 is 24.4 Å². The van der Waals surface area contributed by atoms with Crippen molar-refractivity contribution < 1.29 is 32.2 Å². The van der Waals surface area contributed by atoms with Gasteiger partial charge in [0.25, 0.3) is 0 Å². The standard InChI is InChI=1S/C14H13F4N3O3/c1-6-10(7(2)21-20-6)8-4-3-5-9(19-13(22)23)11(8)24-14(17,18)12(15)16/h3-5,12,19H,1-2H3,(H,20,21)(H,22,23). The number of aromatic amines is 1. The molecule has 0 saturated carbocycles. The van der Waals surface area contributed by atoms with Crippen molar-refractivity contribution in [3.05, 3.63) is 29.6 Å². The molecule has 1 aromatic heterocycles. The number of aryl methyl sites for hydroxylation is 2. The number of aromatic nitrogens is 2. The quantitative estimate of drug-likeness (QED) is 0.713. The average Bonchev–Trinajstić information content (AvgIpc) is 2.79. The lowest BCUT2D eigenvalue weighted by Gasteiger charge is -2.21. The van der Waals surface area contributed by atoms with E-state index in [9.17, 15) is 22.4 Å². The van der Waals surface area contributed by atoms with Crippen LogP contribution in [0.5, 0.6) is 5.75 Å². The minimum atomic E-state index is -4.80. The molecule has 24 heavy (non-hydrogen) atoms. The van der Waals surface area contributed by atoms with Crippen LogP contribution in [0.15, 0.2) is 18.2 Å². The lowest BCUT2D eigenvalue weighted by molar-refractivity contribution is -0.252. The van der Waals surface area contributed by atoms with Crippen LogP contribution in [0.3, 0.4) is 0 Å². The van der Waals surface area contributed by atoms with Crippen molar-refractivity contribution in [2.24, 2.45) is 0 Å². The number of hydrogen-bond acceptors (Lipinski definition) is 3. The summed E-state index contributed by atoms with van der Waals surface area (Å²) in [6.07, 6.45) is -10.4. The van der Waals surface area contributed by atoms with E-state index in [0.29, 0.717) is 17.0 Å². The van der Waals surface area contributed by atoms with Crippen molar-refractivity contribution in [2.75, 3.05) is 5.32 Å². The molecule has 2 aromatic rings. The van der Waals surface area contributed by atoms with Gasteiger partial charge in [-0.25, -0.2) is 4.79 Å². The topological polar surface area (TPSA) is 87.2 Å². The maximum atomic E-state index is 13.4. The molecule has 3 N–H and O–H groups in total. The number of halogens is 4. The summed E-state index contributed by atoms with van der Waals surface area (Å²) in [5.74, 6) is -0.710. The Kier molecular flexibility index (Phi) is 4.67. The van der Waals surface area contributed by atoms with E-state index in [1.807, 2.05) is 5.32 Å². The lowest BCUT2D eigenvalue weighted by atomic mass is 10.0. The fourth-order valence-electron chi connectivity index (χ4n) is 2.19. The zero-order chi connectivity index (χ0) is 18.1. The molecule has 6 nitrogen and oxygen atoms in total. The number of nitrogens with one attached hydrogen (secondary N) is 2. The van der Waals surface area contributed by atoms with Crippen LogP contribution in [-0.4, -0.2) is 33.9 Å². The smallest absolute Gasteiger partial charge is 0.461 e. The number of benzene rings is 1. The monoisotopic (exact) mass is 347 g/mol. The molecule has 0 fully saturated rings. The number of para-hydroxylation sites is 1. The SMILES string of the molecule is Cc1n[nH]c(C)c1-c1cccc(NC(=O)O)c1OC(F)(F)C(F)F. The van der Waals surface area contributed by atoms with Crippen LogP contribution in [0, 0.1) is 13.8 Å². The number of H-pyrrole nitrogens is 1. The number of carboxylic acid groups (broad SMARTS) is 1. The molecular weight excluding hydrogens is 334 g/mol. The number of rotatable bonds is 5. The van der Waals surface area contributed by atoms with Crippen LogP contribution in [0.25, 0.3) is 11.1 Å². The highest BCUT2D eigenvalue weighted by Gasteiger charge is 2.45. The highest BCUT2D eigenvalue weighted by Crippen LogP contribution is 2.42. The van der Waals surface area contributed by atoms with Gasteiger partial charge in [-0.05, 0) is 19.9 Å². The first-order valence-electron chi connectivity index (χ1n) is 6.63. The number of hydrogen-bond donors (Lipinski definition) is 3. The summed E-state index contributed by atoms with van der Waals surface area (Å²) < 4.78 is 56.0. The van der Waals surface area contributed by atoms with Crippen molar-refractivity contribution in [3.63, 3.8) is 0 Å².